The Hall–Kier alpha value is -0.100. The summed E-state index contributed by atoms with van der Waals surface area (Å²) >= 11 is 2.82. The van der Waals surface area contributed by atoms with Crippen molar-refractivity contribution in [3.63, 3.8) is 0 Å². The van der Waals surface area contributed by atoms with Crippen LogP contribution in [-0.4, -0.2) is 25.4 Å². The van der Waals surface area contributed by atoms with Gasteiger partial charge in [0.15, 0.2) is 0 Å². The summed E-state index contributed by atoms with van der Waals surface area (Å²) in [5.41, 5.74) is 0. The molecule has 0 aliphatic heterocycles. The van der Waals surface area contributed by atoms with Gasteiger partial charge in [-0.05, 0) is 6.92 Å². The predicted octanol–water partition coefficient (Wildman–Crippen LogP) is -0.153. The molecule has 0 aliphatic carbocycles. The predicted molar refractivity (Wildman–Crippen MR) is 41.4 cm³/mol. The molecule has 6 heteroatoms. The van der Waals surface area contributed by atoms with Gasteiger partial charge in [0.1, 0.15) is 0 Å². The van der Waals surface area contributed by atoms with Gasteiger partial charge in [-0.2, -0.15) is 0 Å². The topological polar surface area (TPSA) is 63.2 Å². The highest BCUT2D eigenvalue weighted by atomic mass is 79.9. The van der Waals surface area contributed by atoms with Crippen LogP contribution in [0.3, 0.4) is 0 Å². The van der Waals surface area contributed by atoms with Crippen molar-refractivity contribution in [3.05, 3.63) is 0 Å². The van der Waals surface area contributed by atoms with Gasteiger partial charge in [-0.15, -0.1) is 0 Å². The molecule has 0 heterocycles. The van der Waals surface area contributed by atoms with E-state index in [9.17, 15) is 13.2 Å². The number of nitrogens with one attached hydrogen (secondary N) is 1. The fraction of sp³-hybridized carbons (Fsp3) is 0.750. The summed E-state index contributed by atoms with van der Waals surface area (Å²) in [7, 11) is -3.36. The average molecular weight is 230 g/mol. The van der Waals surface area contributed by atoms with Gasteiger partial charge in [0.25, 0.3) is 0 Å². The summed E-state index contributed by atoms with van der Waals surface area (Å²) in [6.45, 7) is 1.46. The van der Waals surface area contributed by atoms with E-state index in [4.69, 9.17) is 0 Å². The number of carbonyl (C=O) groups is 1. The van der Waals surface area contributed by atoms with Crippen LogP contribution >= 0.6 is 15.9 Å². The standard InChI is InChI=1S/C4H8BrNO3S/c1-2-10(8,9)6-4(7)3-5/h2-3H2,1H3,(H,6,7). The zero-order chi connectivity index (χ0) is 8.20. The van der Waals surface area contributed by atoms with Gasteiger partial charge in [0.2, 0.25) is 15.9 Å². The van der Waals surface area contributed by atoms with E-state index in [0.29, 0.717) is 0 Å². The zero-order valence-corrected chi connectivity index (χ0v) is 7.83. The molecule has 0 aliphatic rings. The number of rotatable bonds is 3. The van der Waals surface area contributed by atoms with E-state index in [1.54, 1.807) is 0 Å². The van der Waals surface area contributed by atoms with Gasteiger partial charge in [0.05, 0.1) is 11.1 Å². The van der Waals surface area contributed by atoms with E-state index in [1.165, 1.54) is 6.92 Å². The van der Waals surface area contributed by atoms with Gasteiger partial charge < -0.3 is 0 Å². The third-order valence-electron chi connectivity index (χ3n) is 0.771. The molecule has 0 rings (SSSR count). The molecule has 0 bridgehead atoms. The average Bonchev–Trinajstić information content (AvgIpc) is 1.87. The first-order chi connectivity index (χ1) is 4.52. The smallest absolute Gasteiger partial charge is 0.244 e. The molecule has 0 fully saturated rings. The summed E-state index contributed by atoms with van der Waals surface area (Å²) in [5, 5.41) is 0.00618. The third kappa shape index (κ3) is 3.84. The van der Waals surface area contributed by atoms with Crippen LogP contribution < -0.4 is 4.72 Å². The Morgan fingerprint density at radius 3 is 2.40 bits per heavy atom. The number of halogens is 1. The molecular formula is C4H8BrNO3S. The van der Waals surface area contributed by atoms with Gasteiger partial charge >= 0.3 is 0 Å². The first-order valence-electron chi connectivity index (χ1n) is 2.61. The van der Waals surface area contributed by atoms with E-state index >= 15 is 0 Å². The second-order valence-electron chi connectivity index (χ2n) is 1.56. The van der Waals surface area contributed by atoms with E-state index in [-0.39, 0.29) is 11.1 Å². The largest absolute Gasteiger partial charge is 0.273 e. The SMILES string of the molecule is CCS(=O)(=O)NC(=O)CBr. The lowest BCUT2D eigenvalue weighted by Crippen LogP contribution is -2.32. The van der Waals surface area contributed by atoms with Crippen molar-refractivity contribution in [2.75, 3.05) is 11.1 Å². The van der Waals surface area contributed by atoms with E-state index in [1.807, 2.05) is 4.72 Å². The van der Waals surface area contributed by atoms with Crippen LogP contribution in [0.15, 0.2) is 0 Å². The monoisotopic (exact) mass is 229 g/mol. The van der Waals surface area contributed by atoms with Crippen molar-refractivity contribution in [2.24, 2.45) is 0 Å². The van der Waals surface area contributed by atoms with Gasteiger partial charge in [0, 0.05) is 0 Å². The van der Waals surface area contributed by atoms with Crippen LogP contribution in [-0.2, 0) is 14.8 Å². The van der Waals surface area contributed by atoms with Crippen molar-refractivity contribution in [2.45, 2.75) is 6.92 Å². The molecule has 0 aromatic rings. The number of sulfonamides is 1. The van der Waals surface area contributed by atoms with Gasteiger partial charge in [-0.25, -0.2) is 8.42 Å². The van der Waals surface area contributed by atoms with E-state index < -0.39 is 15.9 Å². The zero-order valence-electron chi connectivity index (χ0n) is 5.43. The van der Waals surface area contributed by atoms with E-state index in [0.717, 1.165) is 0 Å². The van der Waals surface area contributed by atoms with Crippen LogP contribution in [0.5, 0.6) is 0 Å². The lowest BCUT2D eigenvalue weighted by Gasteiger charge is -1.99. The molecule has 0 aromatic heterocycles. The maximum Gasteiger partial charge on any atom is 0.244 e. The summed E-state index contributed by atoms with van der Waals surface area (Å²) in [6.07, 6.45) is 0. The van der Waals surface area contributed by atoms with Crippen LogP contribution in [0.2, 0.25) is 0 Å². The second kappa shape index (κ2) is 3.92. The Morgan fingerprint density at radius 2 is 2.10 bits per heavy atom. The number of amides is 1. The molecule has 0 atom stereocenters. The Balaban J connectivity index is 4.03. The molecular weight excluding hydrogens is 222 g/mol. The van der Waals surface area contributed by atoms with Crippen LogP contribution in [0.1, 0.15) is 6.92 Å². The van der Waals surface area contributed by atoms with Crippen molar-refractivity contribution < 1.29 is 13.2 Å². The van der Waals surface area contributed by atoms with Gasteiger partial charge in [-0.1, -0.05) is 15.9 Å². The van der Waals surface area contributed by atoms with Crippen LogP contribution in [0.4, 0.5) is 0 Å². The van der Waals surface area contributed by atoms with E-state index in [2.05, 4.69) is 15.9 Å². The van der Waals surface area contributed by atoms with Crippen LogP contribution in [0.25, 0.3) is 0 Å². The minimum absolute atomic E-state index is 0.00618. The van der Waals surface area contributed by atoms with Crippen molar-refractivity contribution in [3.8, 4) is 0 Å². The molecule has 60 valence electrons. The minimum atomic E-state index is -3.36. The number of carbonyl (C=O) groups excluding carboxylic acids is 1. The minimum Gasteiger partial charge on any atom is -0.273 e. The number of hydrogen-bond donors (Lipinski definition) is 1. The maximum atomic E-state index is 10.6. The molecule has 1 N–H and O–H groups in total. The third-order valence-corrected chi connectivity index (χ3v) is 2.58. The molecule has 0 saturated heterocycles. The molecule has 4 nitrogen and oxygen atoms in total. The van der Waals surface area contributed by atoms with Gasteiger partial charge in [-0.3, -0.25) is 9.52 Å². The van der Waals surface area contributed by atoms with Crippen LogP contribution in [0, 0.1) is 0 Å². The normalized spacial score (nSPS) is 11.0. The quantitative estimate of drug-likeness (QED) is 0.685. The summed E-state index contributed by atoms with van der Waals surface area (Å²) in [5.74, 6) is -0.618. The Labute approximate surface area is 68.2 Å². The highest BCUT2D eigenvalue weighted by Gasteiger charge is 2.09. The maximum absolute atomic E-state index is 10.6. The molecule has 0 spiro atoms. The molecule has 1 amide bonds. The summed E-state index contributed by atoms with van der Waals surface area (Å²) < 4.78 is 23.1. The number of hydrogen-bond acceptors (Lipinski definition) is 3. The Morgan fingerprint density at radius 1 is 1.60 bits per heavy atom. The first-order valence-corrected chi connectivity index (χ1v) is 5.38. The van der Waals surface area contributed by atoms with Crippen molar-refractivity contribution in [1.82, 2.24) is 4.72 Å². The second-order valence-corrected chi connectivity index (χ2v) is 4.13. The summed E-state index contributed by atoms with van der Waals surface area (Å²) in [4.78, 5) is 10.4. The highest BCUT2D eigenvalue weighted by molar-refractivity contribution is 9.09. The fourth-order valence-corrected chi connectivity index (χ4v) is 1.16. The molecule has 0 radical (unpaired) electrons. The highest BCUT2D eigenvalue weighted by Crippen LogP contribution is 1.85. The van der Waals surface area contributed by atoms with Crippen molar-refractivity contribution >= 4 is 31.9 Å². The number of alkyl halides is 1. The molecule has 10 heavy (non-hydrogen) atoms. The lowest BCUT2D eigenvalue weighted by molar-refractivity contribution is -0.116. The fourth-order valence-electron chi connectivity index (χ4n) is 0.273. The molecule has 0 aromatic carbocycles. The lowest BCUT2D eigenvalue weighted by atomic mass is 10.8. The molecule has 0 unspecified atom stereocenters. The summed E-state index contributed by atoms with van der Waals surface area (Å²) in [6, 6.07) is 0. The first kappa shape index (κ1) is 9.90. The molecule has 0 saturated carbocycles. The Bertz CT molecular complexity index is 211. The Kier molecular flexibility index (Phi) is 3.88. The van der Waals surface area contributed by atoms with Crippen molar-refractivity contribution in [1.29, 1.82) is 0 Å².